The fourth-order valence-corrected chi connectivity index (χ4v) is 1.51. The molecule has 0 unspecified atom stereocenters. The third kappa shape index (κ3) is 2.08. The number of methoxy groups -OCH3 is 1. The van der Waals surface area contributed by atoms with E-state index in [-0.39, 0.29) is 11.3 Å². The number of esters is 1. The first-order chi connectivity index (χ1) is 8.63. The molecule has 6 nitrogen and oxygen atoms in total. The maximum atomic E-state index is 11.4. The van der Waals surface area contributed by atoms with E-state index in [9.17, 15) is 9.59 Å². The van der Waals surface area contributed by atoms with Crippen LogP contribution in [0.25, 0.3) is 11.3 Å². The quantitative estimate of drug-likeness (QED) is 0.832. The van der Waals surface area contributed by atoms with E-state index in [1.54, 1.807) is 18.2 Å². The minimum absolute atomic E-state index is 0.0583. The molecule has 0 bridgehead atoms. The lowest BCUT2D eigenvalue weighted by Gasteiger charge is -2.02. The van der Waals surface area contributed by atoms with Gasteiger partial charge in [-0.05, 0) is 12.1 Å². The second kappa shape index (κ2) is 4.70. The number of carbonyl (C=O) groups is 2. The number of aromatic carboxylic acids is 1. The molecule has 0 aliphatic heterocycles. The summed E-state index contributed by atoms with van der Waals surface area (Å²) in [6.45, 7) is 0. The predicted molar refractivity (Wildman–Crippen MR) is 60.2 cm³/mol. The van der Waals surface area contributed by atoms with Crippen molar-refractivity contribution < 1.29 is 24.0 Å². The first-order valence-corrected chi connectivity index (χ1v) is 5.00. The van der Waals surface area contributed by atoms with Crippen LogP contribution in [-0.4, -0.2) is 29.3 Å². The lowest BCUT2D eigenvalue weighted by atomic mass is 10.1. The van der Waals surface area contributed by atoms with Crippen molar-refractivity contribution in [3.63, 3.8) is 0 Å². The number of carbonyl (C=O) groups excluding carboxylic acids is 1. The van der Waals surface area contributed by atoms with Gasteiger partial charge in [-0.3, -0.25) is 0 Å². The number of aromatic nitrogens is 1. The molecule has 1 heterocycles. The molecule has 0 saturated heterocycles. The van der Waals surface area contributed by atoms with Crippen molar-refractivity contribution in [2.24, 2.45) is 0 Å². The number of hydrogen-bond acceptors (Lipinski definition) is 5. The highest BCUT2D eigenvalue weighted by Gasteiger charge is 2.17. The van der Waals surface area contributed by atoms with Crippen LogP contribution in [0.2, 0.25) is 0 Å². The van der Waals surface area contributed by atoms with E-state index in [2.05, 4.69) is 14.4 Å². The lowest BCUT2D eigenvalue weighted by Crippen LogP contribution is -2.02. The number of rotatable bonds is 3. The molecule has 0 aliphatic carbocycles. The molecule has 0 radical (unpaired) electrons. The van der Waals surface area contributed by atoms with Gasteiger partial charge in [-0.2, -0.15) is 0 Å². The zero-order chi connectivity index (χ0) is 13.1. The number of carboxylic acid groups (broad SMARTS) is 1. The normalized spacial score (nSPS) is 10.1. The van der Waals surface area contributed by atoms with Gasteiger partial charge in [0.25, 0.3) is 0 Å². The first-order valence-electron chi connectivity index (χ1n) is 5.00. The Morgan fingerprint density at radius 3 is 2.83 bits per heavy atom. The van der Waals surface area contributed by atoms with Crippen molar-refractivity contribution in [2.45, 2.75) is 0 Å². The van der Waals surface area contributed by atoms with Gasteiger partial charge in [-0.25, -0.2) is 9.59 Å². The van der Waals surface area contributed by atoms with Crippen molar-refractivity contribution in [1.82, 2.24) is 5.16 Å². The minimum atomic E-state index is -1.14. The van der Waals surface area contributed by atoms with E-state index < -0.39 is 11.9 Å². The highest BCUT2D eigenvalue weighted by atomic mass is 16.5. The molecule has 0 fully saturated rings. The van der Waals surface area contributed by atoms with E-state index in [1.807, 2.05) is 0 Å². The molecule has 18 heavy (non-hydrogen) atoms. The molecule has 6 heteroatoms. The molecular weight excluding hydrogens is 238 g/mol. The molecule has 0 saturated carbocycles. The van der Waals surface area contributed by atoms with Crippen molar-refractivity contribution in [3.05, 3.63) is 41.7 Å². The van der Waals surface area contributed by atoms with Gasteiger partial charge in [0, 0.05) is 5.56 Å². The van der Waals surface area contributed by atoms with Gasteiger partial charge in [-0.1, -0.05) is 17.3 Å². The van der Waals surface area contributed by atoms with Crippen LogP contribution in [0.5, 0.6) is 0 Å². The molecule has 0 atom stereocenters. The smallest absolute Gasteiger partial charge is 0.341 e. The molecule has 2 rings (SSSR count). The maximum absolute atomic E-state index is 11.4. The third-order valence-corrected chi connectivity index (χ3v) is 2.36. The summed E-state index contributed by atoms with van der Waals surface area (Å²) >= 11 is 0. The van der Waals surface area contributed by atoms with Gasteiger partial charge in [0.05, 0.1) is 12.7 Å². The van der Waals surface area contributed by atoms with Gasteiger partial charge in [0.2, 0.25) is 0 Å². The van der Waals surface area contributed by atoms with E-state index in [0.29, 0.717) is 11.1 Å². The Morgan fingerprint density at radius 2 is 2.17 bits per heavy atom. The van der Waals surface area contributed by atoms with Crippen LogP contribution < -0.4 is 0 Å². The topological polar surface area (TPSA) is 89.6 Å². The molecule has 1 aromatic carbocycles. The Morgan fingerprint density at radius 1 is 1.39 bits per heavy atom. The summed E-state index contributed by atoms with van der Waals surface area (Å²) in [6.07, 6.45) is 1.04. The zero-order valence-corrected chi connectivity index (χ0v) is 9.41. The van der Waals surface area contributed by atoms with Crippen LogP contribution >= 0.6 is 0 Å². The van der Waals surface area contributed by atoms with Crippen molar-refractivity contribution >= 4 is 11.9 Å². The third-order valence-electron chi connectivity index (χ3n) is 2.36. The summed E-state index contributed by atoms with van der Waals surface area (Å²) < 4.78 is 9.23. The Bertz CT molecular complexity index is 602. The Balaban J connectivity index is 2.48. The fourth-order valence-electron chi connectivity index (χ4n) is 1.51. The van der Waals surface area contributed by atoms with E-state index in [1.165, 1.54) is 13.2 Å². The average Bonchev–Trinajstić information content (AvgIpc) is 2.87. The number of benzene rings is 1. The van der Waals surface area contributed by atoms with Gasteiger partial charge in [0.1, 0.15) is 17.5 Å². The molecular formula is C12H9NO5. The monoisotopic (exact) mass is 247 g/mol. The summed E-state index contributed by atoms with van der Waals surface area (Å²) in [5, 5.41) is 12.6. The highest BCUT2D eigenvalue weighted by molar-refractivity contribution is 5.96. The van der Waals surface area contributed by atoms with Crippen LogP contribution in [0.4, 0.5) is 0 Å². The second-order valence-electron chi connectivity index (χ2n) is 3.45. The molecule has 1 N–H and O–H groups in total. The summed E-state index contributed by atoms with van der Waals surface area (Å²) in [6, 6.07) is 6.31. The van der Waals surface area contributed by atoms with E-state index >= 15 is 0 Å². The molecule has 0 spiro atoms. The minimum Gasteiger partial charge on any atom is -0.477 e. The highest BCUT2D eigenvalue weighted by Crippen LogP contribution is 2.23. The van der Waals surface area contributed by atoms with Crippen LogP contribution in [0.1, 0.15) is 20.7 Å². The Labute approximate surface area is 102 Å². The van der Waals surface area contributed by atoms with Gasteiger partial charge in [-0.15, -0.1) is 0 Å². The zero-order valence-electron chi connectivity index (χ0n) is 9.41. The van der Waals surface area contributed by atoms with Crippen LogP contribution in [0, 0.1) is 0 Å². The molecule has 0 aliphatic rings. The predicted octanol–water partition coefficient (Wildman–Crippen LogP) is 1.83. The largest absolute Gasteiger partial charge is 0.477 e. The van der Waals surface area contributed by atoms with Crippen LogP contribution in [0.3, 0.4) is 0 Å². The molecule has 2 aromatic rings. The van der Waals surface area contributed by atoms with Crippen LogP contribution in [0.15, 0.2) is 35.1 Å². The number of nitrogens with zero attached hydrogens (tertiary/aromatic N) is 1. The van der Waals surface area contributed by atoms with E-state index in [0.717, 1.165) is 6.26 Å². The van der Waals surface area contributed by atoms with Gasteiger partial charge < -0.3 is 14.4 Å². The first kappa shape index (κ1) is 11.8. The Kier molecular flexibility index (Phi) is 3.09. The summed E-state index contributed by atoms with van der Waals surface area (Å²) in [5.74, 6) is -1.65. The molecule has 92 valence electrons. The summed E-state index contributed by atoms with van der Waals surface area (Å²) in [4.78, 5) is 22.3. The SMILES string of the molecule is COC(=O)c1cccc(-c2nocc2C(=O)O)c1. The average molecular weight is 247 g/mol. The van der Waals surface area contributed by atoms with Crippen molar-refractivity contribution in [1.29, 1.82) is 0 Å². The maximum Gasteiger partial charge on any atom is 0.341 e. The number of ether oxygens (including phenoxy) is 1. The fraction of sp³-hybridized carbons (Fsp3) is 0.0833. The summed E-state index contributed by atoms with van der Waals surface area (Å²) in [5.41, 5.74) is 0.906. The van der Waals surface area contributed by atoms with Crippen molar-refractivity contribution in [3.8, 4) is 11.3 Å². The van der Waals surface area contributed by atoms with Crippen LogP contribution in [-0.2, 0) is 4.74 Å². The van der Waals surface area contributed by atoms with E-state index in [4.69, 9.17) is 5.11 Å². The molecule has 1 aromatic heterocycles. The van der Waals surface area contributed by atoms with Crippen molar-refractivity contribution in [2.75, 3.05) is 7.11 Å². The summed E-state index contributed by atoms with van der Waals surface area (Å²) in [7, 11) is 1.27. The Hall–Kier alpha value is -2.63. The number of hydrogen-bond donors (Lipinski definition) is 1. The second-order valence-corrected chi connectivity index (χ2v) is 3.45. The van der Waals surface area contributed by atoms with Gasteiger partial charge >= 0.3 is 11.9 Å². The van der Waals surface area contributed by atoms with Gasteiger partial charge in [0.15, 0.2) is 0 Å². The molecule has 0 amide bonds. The lowest BCUT2D eigenvalue weighted by molar-refractivity contribution is 0.0600. The number of carboxylic acids is 1. The standard InChI is InChI=1S/C12H9NO5/c1-17-12(16)8-4-2-3-7(5-8)10-9(11(14)15)6-18-13-10/h2-6H,1H3,(H,14,15).